The first kappa shape index (κ1) is 51.1. The second kappa shape index (κ2) is 21.3. The third-order valence-corrected chi connectivity index (χ3v) is 18.3. The summed E-state index contributed by atoms with van der Waals surface area (Å²) in [6.45, 7) is 1.21. The Bertz CT molecular complexity index is 3190. The number of nitrogens with one attached hydrogen (secondary N) is 3. The van der Waals surface area contributed by atoms with Gasteiger partial charge in [0.1, 0.15) is 30.7 Å². The number of anilines is 2. The van der Waals surface area contributed by atoms with E-state index in [-0.39, 0.29) is 51.3 Å². The van der Waals surface area contributed by atoms with Crippen LogP contribution in [0.4, 0.5) is 20.5 Å². The molecule has 0 aliphatic carbocycles. The number of benzene rings is 2. The number of nitrogens with zero attached hydrogens (tertiary/aromatic N) is 8. The largest absolute Gasteiger partial charge is 0.475 e. The van der Waals surface area contributed by atoms with E-state index in [9.17, 15) is 24.2 Å². The number of hydrogen-bond acceptors (Lipinski definition) is 19. The Balaban J connectivity index is 1.08. The molecule has 0 spiro atoms. The molecular weight excluding hydrogens is 1060 g/mol. The van der Waals surface area contributed by atoms with Gasteiger partial charge in [0.15, 0.2) is 52.9 Å². The van der Waals surface area contributed by atoms with Gasteiger partial charge < -0.3 is 23.8 Å². The van der Waals surface area contributed by atoms with Gasteiger partial charge in [-0.05, 0) is 41.6 Å². The second-order valence-corrected chi connectivity index (χ2v) is 24.9. The molecule has 0 radical (unpaired) electrons. The summed E-state index contributed by atoms with van der Waals surface area (Å²) in [5.41, 5.74) is -4.12. The minimum absolute atomic E-state index is 0.00326. The number of aromatic nitrogens is 8. The standard InChI is InChI=1S/C41H39Cl2F2N11O11P2S2/c1-20(2)36(57)53-41-52-35-30(38(59)54-41)50-19-56(35)40-32-27(44)25(64-40)14-62-68(60,61-12-6-11-46)66-31-26(15-63-69(70,67-32)71-16-22-9-10-23(42)13-24(22)43)65-39(28(31)45)55-18-49-29-33(47-17-48-34(29)55)51-37(58)21-7-4-3-5-8-21/h3-5,7-10,13,17-20,25-28,31-32,39-40H,6,12,14-16H2,1-2H3,(H,47,48,51,58)(H2,52,53,54,57,59)/t25-,26-,27-,28+,31-,32-,39-,40-,68?,69?/m1/s1. The van der Waals surface area contributed by atoms with Crippen LogP contribution >= 0.6 is 48.1 Å². The highest BCUT2D eigenvalue weighted by Crippen LogP contribution is 2.66. The van der Waals surface area contributed by atoms with E-state index in [1.807, 2.05) is 6.07 Å². The number of halogens is 4. The number of phosphoric acid groups is 1. The fourth-order valence-corrected chi connectivity index (χ4v) is 13.8. The summed E-state index contributed by atoms with van der Waals surface area (Å²) < 4.78 is 94.1. The molecular formula is C41H39Cl2F2N11O11P2S2. The average molecular weight is 1100 g/mol. The minimum atomic E-state index is -5.00. The molecule has 374 valence electrons. The van der Waals surface area contributed by atoms with Crippen LogP contribution in [0.3, 0.4) is 0 Å². The van der Waals surface area contributed by atoms with Crippen molar-refractivity contribution in [2.75, 3.05) is 30.5 Å². The number of aromatic amines is 1. The van der Waals surface area contributed by atoms with Crippen molar-refractivity contribution >= 4 is 106 Å². The Hall–Kier alpha value is -4.84. The first-order valence-corrected chi connectivity index (χ1v) is 27.8. The summed E-state index contributed by atoms with van der Waals surface area (Å²) in [6, 6.07) is 14.9. The topological polar surface area (TPSA) is 271 Å². The van der Waals surface area contributed by atoms with E-state index in [1.165, 1.54) is 21.5 Å². The molecule has 0 saturated carbocycles. The number of carbonyl (C=O) groups excluding carboxylic acids is 2. The predicted molar refractivity (Wildman–Crippen MR) is 256 cm³/mol. The maximum atomic E-state index is 17.3. The van der Waals surface area contributed by atoms with E-state index in [0.717, 1.165) is 24.0 Å². The van der Waals surface area contributed by atoms with Crippen LogP contribution in [0.5, 0.6) is 0 Å². The Kier molecular flexibility index (Phi) is 15.3. The number of fused-ring (bicyclic) bond motifs is 5. The maximum absolute atomic E-state index is 17.3. The van der Waals surface area contributed by atoms with Gasteiger partial charge in [0.05, 0.1) is 45.0 Å². The molecule has 3 fully saturated rings. The minimum Gasteiger partial charge on any atom is -0.346 e. The van der Waals surface area contributed by atoms with Crippen LogP contribution < -0.4 is 16.2 Å². The van der Waals surface area contributed by atoms with Crippen molar-refractivity contribution in [3.63, 3.8) is 0 Å². The average Bonchev–Trinajstić information content (AvgIpc) is 4.12. The molecule has 7 heterocycles. The number of ether oxygens (including phenoxy) is 2. The van der Waals surface area contributed by atoms with Gasteiger partial charge in [0, 0.05) is 27.3 Å². The number of carbonyl (C=O) groups is 2. The number of rotatable bonds is 12. The molecule has 71 heavy (non-hydrogen) atoms. The number of alkyl halides is 2. The second-order valence-electron chi connectivity index (χ2n) is 16.1. The molecule has 9 rings (SSSR count). The summed E-state index contributed by atoms with van der Waals surface area (Å²) in [7, 11) is -5.00. The third-order valence-electron chi connectivity index (χ3n) is 11.1. The quantitative estimate of drug-likeness (QED) is 0.0786. The number of H-pyrrole nitrogens is 1. The Morgan fingerprint density at radius 3 is 2.44 bits per heavy atom. The van der Waals surface area contributed by atoms with E-state index >= 15 is 8.78 Å². The van der Waals surface area contributed by atoms with Gasteiger partial charge in [-0.1, -0.05) is 72.7 Å². The molecule has 3 saturated heterocycles. The predicted octanol–water partition coefficient (Wildman–Crippen LogP) is 7.60. The number of hydrogen-bond donors (Lipinski definition) is 3. The zero-order valence-corrected chi connectivity index (χ0v) is 41.8. The lowest BCUT2D eigenvalue weighted by Gasteiger charge is -2.30. The maximum Gasteiger partial charge on any atom is 0.475 e. The van der Waals surface area contributed by atoms with Crippen molar-refractivity contribution in [3.8, 4) is 6.07 Å². The van der Waals surface area contributed by atoms with Gasteiger partial charge in [-0.15, -0.1) is 0 Å². The van der Waals surface area contributed by atoms with E-state index in [4.69, 9.17) is 67.1 Å². The summed E-state index contributed by atoms with van der Waals surface area (Å²) in [6.07, 6.45) is -11.2. The van der Waals surface area contributed by atoms with Crippen LogP contribution in [-0.2, 0) is 59.0 Å². The molecule has 2 unspecified atom stereocenters. The van der Waals surface area contributed by atoms with E-state index < -0.39 is 106 Å². The smallest absolute Gasteiger partial charge is 0.346 e. The van der Waals surface area contributed by atoms with Crippen molar-refractivity contribution in [2.24, 2.45) is 5.92 Å². The van der Waals surface area contributed by atoms with Crippen molar-refractivity contribution in [1.82, 2.24) is 39.0 Å². The highest BCUT2D eigenvalue weighted by atomic mass is 35.5. The third kappa shape index (κ3) is 10.9. The van der Waals surface area contributed by atoms with Crippen LogP contribution in [0.1, 0.15) is 48.6 Å². The van der Waals surface area contributed by atoms with Crippen molar-refractivity contribution in [2.45, 2.75) is 75.2 Å². The number of amides is 2. The Morgan fingerprint density at radius 1 is 0.958 bits per heavy atom. The fraction of sp³-hybridized carbons (Fsp3) is 0.390. The van der Waals surface area contributed by atoms with Gasteiger partial charge in [0.25, 0.3) is 11.5 Å². The van der Waals surface area contributed by atoms with Gasteiger partial charge in [-0.3, -0.25) is 47.4 Å². The molecule has 6 aromatic rings. The molecule has 4 aromatic heterocycles. The van der Waals surface area contributed by atoms with Gasteiger partial charge in [-0.2, -0.15) is 10.2 Å². The SMILES string of the molecule is CC(C)C(=O)Nc1nc2c(ncn2[C@@H]2O[C@@H]3COP(=O)(OCCC#N)O[C@H]4[C@H](F)[C@H](n5cnc6c(NC(=O)c7ccccc7)ncnc65)O[C@@H]4COP(=S)(SCc4ccc(Cl)cc4Cl)O[C@@H]2[C@@H]3F)c(=O)[nH]1. The Labute approximate surface area is 419 Å². The van der Waals surface area contributed by atoms with Crippen LogP contribution in [0.25, 0.3) is 22.3 Å². The number of imidazole rings is 2. The Morgan fingerprint density at radius 2 is 1.69 bits per heavy atom. The van der Waals surface area contributed by atoms with Gasteiger partial charge in [0.2, 0.25) is 17.5 Å². The lowest BCUT2D eigenvalue weighted by atomic mass is 10.1. The monoisotopic (exact) mass is 1100 g/mol. The van der Waals surface area contributed by atoms with Crippen molar-refractivity contribution in [1.29, 1.82) is 5.26 Å². The van der Waals surface area contributed by atoms with Gasteiger partial charge >= 0.3 is 7.82 Å². The molecule has 2 amide bonds. The molecule has 22 nitrogen and oxygen atoms in total. The van der Waals surface area contributed by atoms with Crippen LogP contribution in [0.2, 0.25) is 10.0 Å². The van der Waals surface area contributed by atoms with E-state index in [1.54, 1.807) is 56.3 Å². The van der Waals surface area contributed by atoms with Crippen molar-refractivity contribution in [3.05, 3.63) is 99.0 Å². The first-order chi connectivity index (χ1) is 34.0. The summed E-state index contributed by atoms with van der Waals surface area (Å²) in [5, 5.41) is 15.1. The summed E-state index contributed by atoms with van der Waals surface area (Å²) in [4.78, 5) is 62.8. The van der Waals surface area contributed by atoms with Crippen LogP contribution in [-0.4, -0.2) is 107 Å². The normalized spacial score (nSPS) is 27.9. The lowest BCUT2D eigenvalue weighted by Crippen LogP contribution is -2.34. The highest BCUT2D eigenvalue weighted by Gasteiger charge is 2.55. The zero-order valence-electron chi connectivity index (χ0n) is 36.9. The fourth-order valence-electron chi connectivity index (χ4n) is 7.49. The van der Waals surface area contributed by atoms with Crippen LogP contribution in [0.15, 0.2) is 72.3 Å². The molecule has 3 aliphatic heterocycles. The molecule has 3 aliphatic rings. The molecule has 2 aromatic carbocycles. The lowest BCUT2D eigenvalue weighted by molar-refractivity contribution is -0.118. The number of phosphoric ester groups is 1. The molecule has 2 bridgehead atoms. The van der Waals surface area contributed by atoms with Crippen LogP contribution in [0, 0.1) is 17.2 Å². The summed E-state index contributed by atoms with van der Waals surface area (Å²) in [5.74, 6) is -1.69. The summed E-state index contributed by atoms with van der Waals surface area (Å²) >= 11 is 19.8. The van der Waals surface area contributed by atoms with Gasteiger partial charge in [-0.25, -0.2) is 33.3 Å². The molecule has 3 N–H and O–H groups in total. The molecule has 10 atom stereocenters. The first-order valence-electron chi connectivity index (χ1n) is 21.4. The number of nitriles is 1. The molecule has 30 heteroatoms. The zero-order chi connectivity index (χ0) is 50.2. The van der Waals surface area contributed by atoms with Crippen molar-refractivity contribution < 1.29 is 55.0 Å². The highest BCUT2D eigenvalue weighted by molar-refractivity contribution is 8.67. The van der Waals surface area contributed by atoms with E-state index in [0.29, 0.717) is 16.1 Å². The van der Waals surface area contributed by atoms with E-state index in [2.05, 4.69) is 40.5 Å².